The number of likely N-dealkylation sites (N-methyl/N-ethyl adjacent to an activating group) is 1. The molecule has 0 bridgehead atoms. The molecule has 0 unspecified atom stereocenters. The summed E-state index contributed by atoms with van der Waals surface area (Å²) < 4.78 is 28.4. The summed E-state index contributed by atoms with van der Waals surface area (Å²) in [5.41, 5.74) is 0. The molecule has 7 heteroatoms. The molecule has 1 aromatic rings. The molecule has 1 N–H and O–H groups in total. The second-order valence-corrected chi connectivity index (χ2v) is 8.26. The lowest BCUT2D eigenvalue weighted by Gasteiger charge is -2.28. The van der Waals surface area contributed by atoms with Crippen molar-refractivity contribution in [3.05, 3.63) is 24.2 Å². The average molecular weight is 342 g/mol. The maximum Gasteiger partial charge on any atom is 0.220 e. The number of rotatable bonds is 8. The number of nitrogens with zero attached hydrogens (tertiary/aromatic N) is 1. The molecule has 0 radical (unpaired) electrons. The van der Waals surface area contributed by atoms with Gasteiger partial charge < -0.3 is 9.73 Å². The summed E-state index contributed by atoms with van der Waals surface area (Å²) >= 11 is 0. The topological polar surface area (TPSA) is 79.6 Å². The Kier molecular flexibility index (Phi) is 6.24. The van der Waals surface area contributed by atoms with Crippen LogP contribution in [0.5, 0.6) is 0 Å². The van der Waals surface area contributed by atoms with E-state index in [1.807, 2.05) is 12.1 Å². The van der Waals surface area contributed by atoms with Crippen LogP contribution >= 0.6 is 0 Å². The van der Waals surface area contributed by atoms with Gasteiger partial charge in [0.05, 0.1) is 23.8 Å². The standard InChI is InChI=1S/C16H26N2O4S/c1-3-18(4-2)14(15-6-5-8-22-15)11-17-16(19)10-13-7-9-23(20,21)12-13/h5-6,8,13-14H,3-4,7,9-12H2,1-2H3,(H,17,19)/t13-,14+/m0/s1. The zero-order valence-electron chi connectivity index (χ0n) is 13.8. The van der Waals surface area contributed by atoms with Crippen LogP contribution in [0.15, 0.2) is 22.8 Å². The van der Waals surface area contributed by atoms with E-state index in [9.17, 15) is 13.2 Å². The van der Waals surface area contributed by atoms with Gasteiger partial charge >= 0.3 is 0 Å². The van der Waals surface area contributed by atoms with Gasteiger partial charge in [-0.3, -0.25) is 9.69 Å². The lowest BCUT2D eigenvalue weighted by Crippen LogP contribution is -2.38. The van der Waals surface area contributed by atoms with Crippen LogP contribution in [0.2, 0.25) is 0 Å². The molecule has 6 nitrogen and oxygen atoms in total. The summed E-state index contributed by atoms with van der Waals surface area (Å²) in [4.78, 5) is 14.3. The van der Waals surface area contributed by atoms with Crippen LogP contribution in [0.3, 0.4) is 0 Å². The van der Waals surface area contributed by atoms with Gasteiger partial charge in [0.2, 0.25) is 5.91 Å². The van der Waals surface area contributed by atoms with E-state index in [0.717, 1.165) is 18.8 Å². The molecule has 23 heavy (non-hydrogen) atoms. The summed E-state index contributed by atoms with van der Waals surface area (Å²) in [6.45, 7) is 6.33. The fraction of sp³-hybridized carbons (Fsp3) is 0.688. The molecular weight excluding hydrogens is 316 g/mol. The molecule has 1 aliphatic rings. The van der Waals surface area contributed by atoms with Crippen molar-refractivity contribution in [1.82, 2.24) is 10.2 Å². The Labute approximate surface area is 138 Å². The Balaban J connectivity index is 1.89. The first-order chi connectivity index (χ1) is 10.9. The van der Waals surface area contributed by atoms with Crippen LogP contribution in [0.4, 0.5) is 0 Å². The monoisotopic (exact) mass is 342 g/mol. The molecule has 1 amide bonds. The normalized spacial score (nSPS) is 21.4. The largest absolute Gasteiger partial charge is 0.468 e. The van der Waals surface area contributed by atoms with Crippen LogP contribution in [0.1, 0.15) is 38.5 Å². The second-order valence-electron chi connectivity index (χ2n) is 6.03. The van der Waals surface area contributed by atoms with E-state index in [-0.39, 0.29) is 35.8 Å². The SMILES string of the molecule is CCN(CC)[C@H](CNC(=O)C[C@@H]1CCS(=O)(=O)C1)c1ccco1. The van der Waals surface area contributed by atoms with Crippen molar-refractivity contribution in [2.45, 2.75) is 32.7 Å². The molecule has 1 fully saturated rings. The number of amides is 1. The summed E-state index contributed by atoms with van der Waals surface area (Å²) in [6.07, 6.45) is 2.51. The van der Waals surface area contributed by atoms with Crippen molar-refractivity contribution in [1.29, 1.82) is 0 Å². The Bertz CT molecular complexity index is 594. The van der Waals surface area contributed by atoms with Crippen molar-refractivity contribution < 1.29 is 17.6 Å². The van der Waals surface area contributed by atoms with E-state index in [4.69, 9.17) is 4.42 Å². The molecule has 2 rings (SSSR count). The molecule has 1 aliphatic heterocycles. The molecule has 0 spiro atoms. The summed E-state index contributed by atoms with van der Waals surface area (Å²) in [5.74, 6) is 1.04. The van der Waals surface area contributed by atoms with Crippen LogP contribution in [-0.2, 0) is 14.6 Å². The number of furan rings is 1. The molecule has 2 heterocycles. The molecule has 0 aromatic carbocycles. The molecule has 130 valence electrons. The Morgan fingerprint density at radius 2 is 2.17 bits per heavy atom. The third kappa shape index (κ3) is 5.07. The van der Waals surface area contributed by atoms with E-state index in [1.165, 1.54) is 0 Å². The van der Waals surface area contributed by atoms with Gasteiger partial charge in [-0.15, -0.1) is 0 Å². The quantitative estimate of drug-likeness (QED) is 0.776. The fourth-order valence-corrected chi connectivity index (χ4v) is 4.99. The molecule has 0 aliphatic carbocycles. The highest BCUT2D eigenvalue weighted by Crippen LogP contribution is 2.22. The van der Waals surface area contributed by atoms with Gasteiger partial charge in [-0.25, -0.2) is 8.42 Å². The average Bonchev–Trinajstić information content (AvgIpc) is 3.13. The number of nitrogens with one attached hydrogen (secondary N) is 1. The van der Waals surface area contributed by atoms with Gasteiger partial charge in [-0.1, -0.05) is 13.8 Å². The fourth-order valence-electron chi connectivity index (χ4n) is 3.13. The lowest BCUT2D eigenvalue weighted by molar-refractivity contribution is -0.122. The predicted molar refractivity (Wildman–Crippen MR) is 88.8 cm³/mol. The molecule has 1 saturated heterocycles. The minimum absolute atomic E-state index is 0.00346. The minimum Gasteiger partial charge on any atom is -0.468 e. The minimum atomic E-state index is -2.93. The van der Waals surface area contributed by atoms with Gasteiger partial charge in [-0.05, 0) is 37.6 Å². The number of carbonyl (C=O) groups is 1. The highest BCUT2D eigenvalue weighted by Gasteiger charge is 2.29. The van der Waals surface area contributed by atoms with Crippen molar-refractivity contribution in [2.24, 2.45) is 5.92 Å². The van der Waals surface area contributed by atoms with E-state index in [1.54, 1.807) is 6.26 Å². The van der Waals surface area contributed by atoms with Crippen LogP contribution in [0.25, 0.3) is 0 Å². The van der Waals surface area contributed by atoms with Gasteiger partial charge in [-0.2, -0.15) is 0 Å². The third-order valence-electron chi connectivity index (χ3n) is 4.42. The first kappa shape index (κ1) is 18.0. The van der Waals surface area contributed by atoms with Crippen molar-refractivity contribution >= 4 is 15.7 Å². The number of carbonyl (C=O) groups excluding carboxylic acids is 1. The first-order valence-corrected chi connectivity index (χ1v) is 10.0. The highest BCUT2D eigenvalue weighted by atomic mass is 32.2. The third-order valence-corrected chi connectivity index (χ3v) is 6.26. The zero-order chi connectivity index (χ0) is 16.9. The maximum absolute atomic E-state index is 12.1. The van der Waals surface area contributed by atoms with Crippen LogP contribution in [-0.4, -0.2) is 50.4 Å². The zero-order valence-corrected chi connectivity index (χ0v) is 14.6. The first-order valence-electron chi connectivity index (χ1n) is 8.19. The predicted octanol–water partition coefficient (Wildman–Crippen LogP) is 1.60. The van der Waals surface area contributed by atoms with Gasteiger partial charge in [0.1, 0.15) is 5.76 Å². The smallest absolute Gasteiger partial charge is 0.220 e. The molecular formula is C16H26N2O4S. The molecule has 0 saturated carbocycles. The summed E-state index contributed by atoms with van der Waals surface area (Å²) in [5, 5.41) is 2.94. The Morgan fingerprint density at radius 1 is 1.43 bits per heavy atom. The Morgan fingerprint density at radius 3 is 2.70 bits per heavy atom. The second kappa shape index (κ2) is 7.97. The van der Waals surface area contributed by atoms with E-state index in [0.29, 0.717) is 13.0 Å². The van der Waals surface area contributed by atoms with E-state index < -0.39 is 9.84 Å². The number of sulfone groups is 1. The number of hydrogen-bond donors (Lipinski definition) is 1. The van der Waals surface area contributed by atoms with Gasteiger partial charge in [0.25, 0.3) is 0 Å². The van der Waals surface area contributed by atoms with Crippen LogP contribution in [0, 0.1) is 5.92 Å². The lowest BCUT2D eigenvalue weighted by atomic mass is 10.0. The molecule has 1 aromatic heterocycles. The Hall–Kier alpha value is -1.34. The van der Waals surface area contributed by atoms with Crippen molar-refractivity contribution in [3.63, 3.8) is 0 Å². The van der Waals surface area contributed by atoms with E-state index in [2.05, 4.69) is 24.1 Å². The summed E-state index contributed by atoms with van der Waals surface area (Å²) in [6, 6.07) is 3.76. The summed E-state index contributed by atoms with van der Waals surface area (Å²) in [7, 11) is -2.93. The molecule has 2 atom stereocenters. The number of hydrogen-bond acceptors (Lipinski definition) is 5. The van der Waals surface area contributed by atoms with Gasteiger partial charge in [0, 0.05) is 13.0 Å². The maximum atomic E-state index is 12.1. The highest BCUT2D eigenvalue weighted by molar-refractivity contribution is 7.91. The van der Waals surface area contributed by atoms with Crippen molar-refractivity contribution in [3.8, 4) is 0 Å². The van der Waals surface area contributed by atoms with E-state index >= 15 is 0 Å². The van der Waals surface area contributed by atoms with Crippen molar-refractivity contribution in [2.75, 3.05) is 31.1 Å². The van der Waals surface area contributed by atoms with Crippen LogP contribution < -0.4 is 5.32 Å². The van der Waals surface area contributed by atoms with Gasteiger partial charge in [0.15, 0.2) is 9.84 Å².